The van der Waals surface area contributed by atoms with Gasteiger partial charge in [-0.25, -0.2) is 0 Å². The molecule has 1 amide bonds. The molecular formula is C12H25N3O2. The lowest BCUT2D eigenvalue weighted by molar-refractivity contribution is -0.132. The molecule has 0 aromatic rings. The van der Waals surface area contributed by atoms with Gasteiger partial charge in [0.1, 0.15) is 0 Å². The highest BCUT2D eigenvalue weighted by molar-refractivity contribution is 5.81. The van der Waals surface area contributed by atoms with Crippen molar-refractivity contribution in [2.24, 2.45) is 5.73 Å². The summed E-state index contributed by atoms with van der Waals surface area (Å²) in [5, 5.41) is 8.90. The van der Waals surface area contributed by atoms with Gasteiger partial charge in [-0.05, 0) is 19.4 Å². The van der Waals surface area contributed by atoms with Crippen LogP contribution in [-0.2, 0) is 4.79 Å². The maximum Gasteiger partial charge on any atom is 0.239 e. The van der Waals surface area contributed by atoms with Gasteiger partial charge in [-0.1, -0.05) is 13.3 Å². The third-order valence-electron chi connectivity index (χ3n) is 3.23. The lowest BCUT2D eigenvalue weighted by Gasteiger charge is -2.24. The maximum atomic E-state index is 12.0. The van der Waals surface area contributed by atoms with E-state index in [1.165, 1.54) is 0 Å². The molecule has 1 saturated heterocycles. The van der Waals surface area contributed by atoms with Crippen LogP contribution in [0.1, 0.15) is 26.2 Å². The summed E-state index contributed by atoms with van der Waals surface area (Å²) in [6.45, 7) is 6.23. The number of carbonyl (C=O) groups excluding carboxylic acids is 1. The summed E-state index contributed by atoms with van der Waals surface area (Å²) in [5.41, 5.74) is 5.86. The SMILES string of the molecule is CCC[C@H](N)C(=O)N1CCCN(CCO)CC1. The Hall–Kier alpha value is -0.650. The first-order valence-electron chi connectivity index (χ1n) is 6.56. The van der Waals surface area contributed by atoms with E-state index in [2.05, 4.69) is 4.90 Å². The second-order valence-corrected chi connectivity index (χ2v) is 4.64. The number of nitrogens with zero attached hydrogens (tertiary/aromatic N) is 2. The van der Waals surface area contributed by atoms with Crippen molar-refractivity contribution in [3.8, 4) is 0 Å². The third-order valence-corrected chi connectivity index (χ3v) is 3.23. The molecule has 1 aliphatic heterocycles. The summed E-state index contributed by atoms with van der Waals surface area (Å²) in [5.74, 6) is 0.0812. The summed E-state index contributed by atoms with van der Waals surface area (Å²) in [7, 11) is 0. The first-order valence-corrected chi connectivity index (χ1v) is 6.56. The Morgan fingerprint density at radius 2 is 2.12 bits per heavy atom. The smallest absolute Gasteiger partial charge is 0.239 e. The van der Waals surface area contributed by atoms with Gasteiger partial charge in [-0.2, -0.15) is 0 Å². The summed E-state index contributed by atoms with van der Waals surface area (Å²) >= 11 is 0. The standard InChI is InChI=1S/C12H25N3O2/c1-2-4-11(13)12(17)15-6-3-5-14(7-8-15)9-10-16/h11,16H,2-10,13H2,1H3/t11-/m0/s1. The normalized spacial score (nSPS) is 20.1. The van der Waals surface area contributed by atoms with E-state index < -0.39 is 0 Å². The predicted molar refractivity (Wildman–Crippen MR) is 67.6 cm³/mol. The molecule has 5 nitrogen and oxygen atoms in total. The molecule has 5 heteroatoms. The van der Waals surface area contributed by atoms with Crippen molar-refractivity contribution in [2.45, 2.75) is 32.2 Å². The second kappa shape index (κ2) is 7.63. The van der Waals surface area contributed by atoms with E-state index in [4.69, 9.17) is 10.8 Å². The minimum atomic E-state index is -0.343. The van der Waals surface area contributed by atoms with Crippen LogP contribution in [0, 0.1) is 0 Å². The van der Waals surface area contributed by atoms with Crippen LogP contribution in [0.4, 0.5) is 0 Å². The zero-order valence-corrected chi connectivity index (χ0v) is 10.8. The Morgan fingerprint density at radius 3 is 2.76 bits per heavy atom. The zero-order chi connectivity index (χ0) is 12.7. The van der Waals surface area contributed by atoms with Crippen molar-refractivity contribution in [1.82, 2.24) is 9.80 Å². The predicted octanol–water partition coefficient (Wildman–Crippen LogP) is -0.360. The average molecular weight is 243 g/mol. The van der Waals surface area contributed by atoms with Gasteiger partial charge in [0, 0.05) is 26.2 Å². The number of nitrogens with two attached hydrogens (primary N) is 1. The molecule has 1 aliphatic rings. The molecule has 1 atom stereocenters. The van der Waals surface area contributed by atoms with Crippen LogP contribution < -0.4 is 5.73 Å². The van der Waals surface area contributed by atoms with Crippen molar-refractivity contribution in [2.75, 3.05) is 39.3 Å². The van der Waals surface area contributed by atoms with Gasteiger partial charge >= 0.3 is 0 Å². The van der Waals surface area contributed by atoms with Crippen molar-refractivity contribution in [3.05, 3.63) is 0 Å². The molecular weight excluding hydrogens is 218 g/mol. The van der Waals surface area contributed by atoms with Crippen LogP contribution in [0.15, 0.2) is 0 Å². The minimum Gasteiger partial charge on any atom is -0.395 e. The number of aliphatic hydroxyl groups is 1. The molecule has 0 spiro atoms. The van der Waals surface area contributed by atoms with Gasteiger partial charge in [0.15, 0.2) is 0 Å². The van der Waals surface area contributed by atoms with Crippen LogP contribution in [0.5, 0.6) is 0 Å². The number of amides is 1. The van der Waals surface area contributed by atoms with E-state index in [1.807, 2.05) is 11.8 Å². The van der Waals surface area contributed by atoms with Crippen molar-refractivity contribution in [3.63, 3.8) is 0 Å². The number of β-amino-alcohol motifs (C(OH)–C–C–N with tert-alkyl or cyclic N) is 1. The highest BCUT2D eigenvalue weighted by atomic mass is 16.3. The van der Waals surface area contributed by atoms with Gasteiger partial charge in [-0.3, -0.25) is 9.69 Å². The van der Waals surface area contributed by atoms with Gasteiger partial charge in [0.25, 0.3) is 0 Å². The number of carbonyl (C=O) groups is 1. The number of rotatable bonds is 5. The van der Waals surface area contributed by atoms with E-state index in [-0.39, 0.29) is 18.6 Å². The second-order valence-electron chi connectivity index (χ2n) is 4.64. The topological polar surface area (TPSA) is 69.8 Å². The van der Waals surface area contributed by atoms with Crippen LogP contribution >= 0.6 is 0 Å². The molecule has 1 heterocycles. The molecule has 0 aliphatic carbocycles. The van der Waals surface area contributed by atoms with E-state index in [0.717, 1.165) is 45.4 Å². The summed E-state index contributed by atoms with van der Waals surface area (Å²) < 4.78 is 0. The largest absolute Gasteiger partial charge is 0.395 e. The molecule has 17 heavy (non-hydrogen) atoms. The maximum absolute atomic E-state index is 12.0. The molecule has 0 aromatic heterocycles. The summed E-state index contributed by atoms with van der Waals surface area (Å²) in [6.07, 6.45) is 2.66. The minimum absolute atomic E-state index is 0.0812. The van der Waals surface area contributed by atoms with Crippen molar-refractivity contribution >= 4 is 5.91 Å². The molecule has 0 radical (unpaired) electrons. The summed E-state index contributed by atoms with van der Waals surface area (Å²) in [6, 6.07) is -0.343. The fourth-order valence-corrected chi connectivity index (χ4v) is 2.23. The Kier molecular flexibility index (Phi) is 6.47. The van der Waals surface area contributed by atoms with Crippen LogP contribution in [0.25, 0.3) is 0 Å². The first-order chi connectivity index (χ1) is 8.19. The average Bonchev–Trinajstić information content (AvgIpc) is 2.54. The number of hydrogen-bond acceptors (Lipinski definition) is 4. The molecule has 0 unspecified atom stereocenters. The van der Waals surface area contributed by atoms with Crippen LogP contribution in [0.3, 0.4) is 0 Å². The third kappa shape index (κ3) is 4.61. The molecule has 3 N–H and O–H groups in total. The van der Waals surface area contributed by atoms with Gasteiger partial charge in [0.2, 0.25) is 5.91 Å². The first kappa shape index (κ1) is 14.4. The molecule has 0 saturated carbocycles. The molecule has 1 fully saturated rings. The highest BCUT2D eigenvalue weighted by Crippen LogP contribution is 2.06. The van der Waals surface area contributed by atoms with E-state index in [1.54, 1.807) is 0 Å². The van der Waals surface area contributed by atoms with Crippen molar-refractivity contribution < 1.29 is 9.90 Å². The Balaban J connectivity index is 2.42. The molecule has 100 valence electrons. The Morgan fingerprint density at radius 1 is 1.35 bits per heavy atom. The molecule has 0 bridgehead atoms. The van der Waals surface area contributed by atoms with E-state index >= 15 is 0 Å². The van der Waals surface area contributed by atoms with E-state index in [9.17, 15) is 4.79 Å². The van der Waals surface area contributed by atoms with Crippen LogP contribution in [-0.4, -0.2) is 66.2 Å². The fraction of sp³-hybridized carbons (Fsp3) is 0.917. The Bertz CT molecular complexity index is 236. The lowest BCUT2D eigenvalue weighted by Crippen LogP contribution is -2.45. The molecule has 0 aromatic carbocycles. The number of hydrogen-bond donors (Lipinski definition) is 2. The quantitative estimate of drug-likeness (QED) is 0.692. The van der Waals surface area contributed by atoms with Crippen molar-refractivity contribution in [1.29, 1.82) is 0 Å². The monoisotopic (exact) mass is 243 g/mol. The van der Waals surface area contributed by atoms with E-state index in [0.29, 0.717) is 6.54 Å². The zero-order valence-electron chi connectivity index (χ0n) is 10.8. The molecule has 1 rings (SSSR count). The Labute approximate surface area is 104 Å². The summed E-state index contributed by atoms with van der Waals surface area (Å²) in [4.78, 5) is 16.1. The highest BCUT2D eigenvalue weighted by Gasteiger charge is 2.22. The van der Waals surface area contributed by atoms with Gasteiger partial charge in [0.05, 0.1) is 12.6 Å². The lowest BCUT2D eigenvalue weighted by atomic mass is 10.1. The van der Waals surface area contributed by atoms with Crippen LogP contribution in [0.2, 0.25) is 0 Å². The number of aliphatic hydroxyl groups excluding tert-OH is 1. The fourth-order valence-electron chi connectivity index (χ4n) is 2.23. The van der Waals surface area contributed by atoms with Gasteiger partial charge < -0.3 is 15.7 Å². The van der Waals surface area contributed by atoms with Gasteiger partial charge in [-0.15, -0.1) is 0 Å².